The van der Waals surface area contributed by atoms with E-state index in [-0.39, 0.29) is 5.56 Å². The number of aromatic nitrogens is 5. The van der Waals surface area contributed by atoms with Gasteiger partial charge in [-0.1, -0.05) is 0 Å². The summed E-state index contributed by atoms with van der Waals surface area (Å²) in [6.07, 6.45) is 4.95. The van der Waals surface area contributed by atoms with E-state index in [1.165, 1.54) is 12.3 Å². The fourth-order valence-corrected chi connectivity index (χ4v) is 1.75. The van der Waals surface area contributed by atoms with Gasteiger partial charge in [0, 0.05) is 19.4 Å². The van der Waals surface area contributed by atoms with Crippen LogP contribution >= 0.6 is 0 Å². The van der Waals surface area contributed by atoms with Crippen LogP contribution in [0.3, 0.4) is 0 Å². The monoisotopic (exact) mass is 243 g/mol. The quantitative estimate of drug-likeness (QED) is 0.720. The number of aryl methyl sites for hydroxylation is 1. The number of carboxylic acid groups (broad SMARTS) is 1. The molecular weight excluding hydrogens is 234 g/mol. The highest BCUT2D eigenvalue weighted by atomic mass is 16.4. The number of pyridine rings is 1. The zero-order chi connectivity index (χ0) is 12.7. The number of fused-ring (bicyclic) bond motifs is 1. The van der Waals surface area contributed by atoms with Crippen molar-refractivity contribution in [1.82, 2.24) is 24.4 Å². The standard InChI is InChI=1S/C11H9N5O2/c1-15-5-8(4-12-15)10-14-13-9-3-2-7(11(17)18)6-16(9)10/h2-6H,1H3,(H,17,18). The van der Waals surface area contributed by atoms with E-state index in [1.54, 1.807) is 34.6 Å². The Balaban J connectivity index is 2.23. The van der Waals surface area contributed by atoms with Gasteiger partial charge in [0.05, 0.1) is 17.3 Å². The molecule has 3 aromatic rings. The van der Waals surface area contributed by atoms with Crippen molar-refractivity contribution in [2.45, 2.75) is 0 Å². The van der Waals surface area contributed by atoms with Crippen LogP contribution < -0.4 is 0 Å². The van der Waals surface area contributed by atoms with Crippen LogP contribution in [0.1, 0.15) is 10.4 Å². The van der Waals surface area contributed by atoms with Crippen molar-refractivity contribution in [3.05, 3.63) is 36.3 Å². The van der Waals surface area contributed by atoms with E-state index in [9.17, 15) is 4.79 Å². The minimum absolute atomic E-state index is 0.187. The van der Waals surface area contributed by atoms with E-state index in [1.807, 2.05) is 0 Å². The molecule has 0 saturated heterocycles. The van der Waals surface area contributed by atoms with Gasteiger partial charge in [0.2, 0.25) is 0 Å². The summed E-state index contributed by atoms with van der Waals surface area (Å²) < 4.78 is 3.29. The molecule has 3 aromatic heterocycles. The van der Waals surface area contributed by atoms with E-state index in [4.69, 9.17) is 5.11 Å². The summed E-state index contributed by atoms with van der Waals surface area (Å²) >= 11 is 0. The Bertz CT molecular complexity index is 743. The average Bonchev–Trinajstić information content (AvgIpc) is 2.93. The molecule has 0 fully saturated rings. The van der Waals surface area contributed by atoms with E-state index in [0.29, 0.717) is 11.5 Å². The molecule has 0 atom stereocenters. The van der Waals surface area contributed by atoms with E-state index >= 15 is 0 Å². The van der Waals surface area contributed by atoms with Gasteiger partial charge in [-0.2, -0.15) is 5.10 Å². The van der Waals surface area contributed by atoms with Gasteiger partial charge in [-0.25, -0.2) is 4.79 Å². The molecule has 18 heavy (non-hydrogen) atoms. The SMILES string of the molecule is Cn1cc(-c2nnc3ccc(C(=O)O)cn23)cn1. The molecule has 90 valence electrons. The first-order chi connectivity index (χ1) is 8.65. The zero-order valence-corrected chi connectivity index (χ0v) is 9.48. The number of aromatic carboxylic acids is 1. The molecule has 1 N–H and O–H groups in total. The highest BCUT2D eigenvalue weighted by Crippen LogP contribution is 2.17. The van der Waals surface area contributed by atoms with E-state index < -0.39 is 5.97 Å². The normalized spacial score (nSPS) is 10.9. The first-order valence-corrected chi connectivity index (χ1v) is 5.22. The summed E-state index contributed by atoms with van der Waals surface area (Å²) in [5, 5.41) is 21.1. The van der Waals surface area contributed by atoms with Crippen molar-refractivity contribution in [2.24, 2.45) is 7.05 Å². The highest BCUT2D eigenvalue weighted by Gasteiger charge is 2.11. The number of carboxylic acids is 1. The number of hydrogen-bond acceptors (Lipinski definition) is 4. The van der Waals surface area contributed by atoms with Crippen LogP contribution in [0.4, 0.5) is 0 Å². The predicted molar refractivity (Wildman–Crippen MR) is 62.1 cm³/mol. The molecule has 0 radical (unpaired) electrons. The van der Waals surface area contributed by atoms with Crippen molar-refractivity contribution < 1.29 is 9.90 Å². The molecule has 0 saturated carbocycles. The van der Waals surface area contributed by atoms with Gasteiger partial charge >= 0.3 is 5.97 Å². The molecule has 0 spiro atoms. The van der Waals surface area contributed by atoms with Crippen LogP contribution in [-0.2, 0) is 7.05 Å². The van der Waals surface area contributed by atoms with Crippen molar-refractivity contribution in [1.29, 1.82) is 0 Å². The van der Waals surface area contributed by atoms with Crippen molar-refractivity contribution in [2.75, 3.05) is 0 Å². The third-order valence-electron chi connectivity index (χ3n) is 2.61. The Kier molecular flexibility index (Phi) is 2.12. The lowest BCUT2D eigenvalue weighted by molar-refractivity contribution is 0.0696. The number of carbonyl (C=O) groups is 1. The van der Waals surface area contributed by atoms with Crippen LogP contribution in [0.5, 0.6) is 0 Å². The summed E-state index contributed by atoms with van der Waals surface area (Å²) in [6.45, 7) is 0. The van der Waals surface area contributed by atoms with Crippen molar-refractivity contribution in [3.63, 3.8) is 0 Å². The van der Waals surface area contributed by atoms with Gasteiger partial charge in [0.25, 0.3) is 0 Å². The number of rotatable bonds is 2. The molecule has 0 aliphatic heterocycles. The van der Waals surface area contributed by atoms with Gasteiger partial charge in [0.15, 0.2) is 11.5 Å². The molecule has 0 unspecified atom stereocenters. The third kappa shape index (κ3) is 1.53. The van der Waals surface area contributed by atoms with Gasteiger partial charge in [-0.3, -0.25) is 9.08 Å². The maximum Gasteiger partial charge on any atom is 0.337 e. The molecule has 0 aromatic carbocycles. The maximum absolute atomic E-state index is 10.9. The molecule has 3 heterocycles. The van der Waals surface area contributed by atoms with Crippen LogP contribution in [0.2, 0.25) is 0 Å². The Morgan fingerprint density at radius 1 is 1.28 bits per heavy atom. The van der Waals surface area contributed by atoms with Gasteiger partial charge in [-0.15, -0.1) is 10.2 Å². The van der Waals surface area contributed by atoms with Gasteiger partial charge in [-0.05, 0) is 12.1 Å². The Morgan fingerprint density at radius 2 is 2.11 bits per heavy atom. The zero-order valence-electron chi connectivity index (χ0n) is 9.48. The van der Waals surface area contributed by atoms with E-state index in [0.717, 1.165) is 5.56 Å². The predicted octanol–water partition coefficient (Wildman–Crippen LogP) is 0.828. The second kappa shape index (κ2) is 3.66. The second-order valence-electron chi connectivity index (χ2n) is 3.88. The summed E-state index contributed by atoms with van der Waals surface area (Å²) in [6, 6.07) is 3.12. The van der Waals surface area contributed by atoms with Crippen LogP contribution in [0.15, 0.2) is 30.7 Å². The van der Waals surface area contributed by atoms with Crippen LogP contribution in [-0.4, -0.2) is 35.5 Å². The molecular formula is C11H9N5O2. The molecule has 3 rings (SSSR count). The molecule has 0 aliphatic rings. The second-order valence-corrected chi connectivity index (χ2v) is 3.88. The Hall–Kier alpha value is -2.70. The maximum atomic E-state index is 10.9. The molecule has 0 aliphatic carbocycles. The van der Waals surface area contributed by atoms with E-state index in [2.05, 4.69) is 15.3 Å². The largest absolute Gasteiger partial charge is 0.478 e. The minimum Gasteiger partial charge on any atom is -0.478 e. The lowest BCUT2D eigenvalue weighted by Crippen LogP contribution is -1.99. The average molecular weight is 243 g/mol. The number of nitrogens with zero attached hydrogens (tertiary/aromatic N) is 5. The highest BCUT2D eigenvalue weighted by molar-refractivity contribution is 5.87. The first-order valence-electron chi connectivity index (χ1n) is 5.22. The minimum atomic E-state index is -0.984. The molecule has 7 nitrogen and oxygen atoms in total. The first kappa shape index (κ1) is 10.5. The van der Waals surface area contributed by atoms with Gasteiger partial charge in [0.1, 0.15) is 0 Å². The van der Waals surface area contributed by atoms with Crippen LogP contribution in [0, 0.1) is 0 Å². The molecule has 0 amide bonds. The van der Waals surface area contributed by atoms with Crippen molar-refractivity contribution >= 4 is 11.6 Å². The van der Waals surface area contributed by atoms with Crippen molar-refractivity contribution in [3.8, 4) is 11.4 Å². The fraction of sp³-hybridized carbons (Fsp3) is 0.0909. The third-order valence-corrected chi connectivity index (χ3v) is 2.61. The molecule has 7 heteroatoms. The lowest BCUT2D eigenvalue weighted by Gasteiger charge is -1.98. The summed E-state index contributed by atoms with van der Waals surface area (Å²) in [7, 11) is 1.80. The Morgan fingerprint density at radius 3 is 2.78 bits per heavy atom. The molecule has 0 bridgehead atoms. The summed E-state index contributed by atoms with van der Waals surface area (Å²) in [5.41, 5.74) is 1.57. The fourth-order valence-electron chi connectivity index (χ4n) is 1.75. The Labute approximate surface area is 101 Å². The number of hydrogen-bond donors (Lipinski definition) is 1. The topological polar surface area (TPSA) is 85.3 Å². The van der Waals surface area contributed by atoms with Crippen LogP contribution in [0.25, 0.3) is 17.0 Å². The van der Waals surface area contributed by atoms with Gasteiger partial charge < -0.3 is 5.11 Å². The lowest BCUT2D eigenvalue weighted by atomic mass is 10.3. The summed E-state index contributed by atoms with van der Waals surface area (Å²) in [5.74, 6) is -0.413. The summed E-state index contributed by atoms with van der Waals surface area (Å²) in [4.78, 5) is 10.9. The smallest absolute Gasteiger partial charge is 0.337 e.